The zero-order valence-electron chi connectivity index (χ0n) is 23.5. The molecule has 9 nitrogen and oxygen atoms in total. The maximum atomic E-state index is 11.7. The van der Waals surface area contributed by atoms with Crippen molar-refractivity contribution >= 4 is 47.2 Å². The van der Waals surface area contributed by atoms with E-state index in [4.69, 9.17) is 40.5 Å². The number of halogens is 1. The Kier molecular flexibility index (Phi) is 8.39. The van der Waals surface area contributed by atoms with E-state index < -0.39 is 37.2 Å². The van der Waals surface area contributed by atoms with Crippen LogP contribution in [0, 0.1) is 0 Å². The molecule has 0 aliphatic carbocycles. The van der Waals surface area contributed by atoms with Crippen molar-refractivity contribution < 1.29 is 28.3 Å². The zero-order valence-corrected chi connectivity index (χ0v) is 26.1. The average molecular weight is 618 g/mol. The molecule has 0 bridgehead atoms. The number of imidazole rings is 1. The SMILES string of the molecule is C[Si](C)(C)CCOCn1c(OC2COC3C(O)COC23)nc2cc(Cl)c(-c3ccc(C4=CCS(=O)CC4)cc3)nc21. The Morgan fingerprint density at radius 1 is 1.12 bits per heavy atom. The zero-order chi connectivity index (χ0) is 28.7. The third-order valence-corrected chi connectivity index (χ3v) is 10.9. The van der Waals surface area contributed by atoms with E-state index >= 15 is 0 Å². The molecule has 41 heavy (non-hydrogen) atoms. The summed E-state index contributed by atoms with van der Waals surface area (Å²) in [7, 11) is -2.02. The maximum Gasteiger partial charge on any atom is 0.301 e. The van der Waals surface area contributed by atoms with E-state index in [0.717, 1.165) is 23.6 Å². The van der Waals surface area contributed by atoms with Crippen LogP contribution in [0.4, 0.5) is 0 Å². The number of nitrogens with zero attached hydrogens (tertiary/aromatic N) is 3. The lowest BCUT2D eigenvalue weighted by Gasteiger charge is -2.19. The molecule has 3 aliphatic rings. The van der Waals surface area contributed by atoms with Gasteiger partial charge >= 0.3 is 6.01 Å². The molecule has 1 aromatic carbocycles. The standard InChI is InChI=1S/C29H36ClN3O6SSi/c1-41(2,3)13-10-36-17-33-28-22(31-29(33)39-24-16-38-26-23(34)15-37-27(24)26)14-21(30)25(32-28)20-6-4-18(5-7-20)19-8-11-40(35)12-9-19/h4-8,14,23-24,26-27,34H,9-13,15-17H2,1-3H3. The highest BCUT2D eigenvalue weighted by molar-refractivity contribution is 7.85. The molecule has 220 valence electrons. The molecule has 0 spiro atoms. The van der Waals surface area contributed by atoms with Crippen molar-refractivity contribution in [2.75, 3.05) is 31.3 Å². The van der Waals surface area contributed by atoms with Crippen LogP contribution < -0.4 is 4.74 Å². The van der Waals surface area contributed by atoms with Gasteiger partial charge in [0.1, 0.15) is 30.6 Å². The summed E-state index contributed by atoms with van der Waals surface area (Å²) < 4.78 is 37.5. The summed E-state index contributed by atoms with van der Waals surface area (Å²) in [5.41, 5.74) is 5.08. The largest absolute Gasteiger partial charge is 0.456 e. The molecule has 12 heteroatoms. The Morgan fingerprint density at radius 3 is 2.61 bits per heavy atom. The Labute approximate surface area is 248 Å². The summed E-state index contributed by atoms with van der Waals surface area (Å²) in [5, 5.41) is 10.6. The molecule has 5 atom stereocenters. The first-order valence-electron chi connectivity index (χ1n) is 14.0. The highest BCUT2D eigenvalue weighted by Gasteiger charge is 2.49. The van der Waals surface area contributed by atoms with Crippen molar-refractivity contribution in [3.05, 3.63) is 47.0 Å². The van der Waals surface area contributed by atoms with Crippen LogP contribution in [-0.4, -0.2) is 87.7 Å². The molecule has 2 saturated heterocycles. The fourth-order valence-corrected chi connectivity index (χ4v) is 7.35. The second-order valence-electron chi connectivity index (χ2n) is 12.0. The second-order valence-corrected chi connectivity index (χ2v) is 19.7. The van der Waals surface area contributed by atoms with E-state index in [9.17, 15) is 9.32 Å². The summed E-state index contributed by atoms with van der Waals surface area (Å²) in [5.74, 6) is 1.31. The van der Waals surface area contributed by atoms with Crippen molar-refractivity contribution in [3.63, 3.8) is 0 Å². The highest BCUT2D eigenvalue weighted by Crippen LogP contribution is 2.34. The molecule has 3 aromatic rings. The second kappa shape index (κ2) is 11.9. The summed E-state index contributed by atoms with van der Waals surface area (Å²) in [6, 6.07) is 11.4. The van der Waals surface area contributed by atoms with Gasteiger partial charge < -0.3 is 24.1 Å². The molecule has 2 fully saturated rings. The van der Waals surface area contributed by atoms with E-state index in [1.165, 1.54) is 5.57 Å². The Morgan fingerprint density at radius 2 is 1.88 bits per heavy atom. The Balaban J connectivity index is 1.30. The van der Waals surface area contributed by atoms with Gasteiger partial charge in [-0.3, -0.25) is 8.78 Å². The topological polar surface area (TPSA) is 105 Å². The summed E-state index contributed by atoms with van der Waals surface area (Å²) >= 11 is 6.75. The number of pyridine rings is 1. The van der Waals surface area contributed by atoms with Gasteiger partial charge in [-0.2, -0.15) is 4.98 Å². The normalized spacial score (nSPS) is 26.4. The van der Waals surface area contributed by atoms with Crippen molar-refractivity contribution in [1.29, 1.82) is 0 Å². The molecule has 0 radical (unpaired) electrons. The van der Waals surface area contributed by atoms with Gasteiger partial charge in [0.15, 0.2) is 11.8 Å². The molecule has 0 amide bonds. The van der Waals surface area contributed by atoms with E-state index in [0.29, 0.717) is 52.6 Å². The van der Waals surface area contributed by atoms with Gasteiger partial charge in [-0.25, -0.2) is 4.98 Å². The minimum atomic E-state index is -1.27. The van der Waals surface area contributed by atoms with Gasteiger partial charge in [0, 0.05) is 42.5 Å². The van der Waals surface area contributed by atoms with Crippen LogP contribution in [0.2, 0.25) is 30.7 Å². The third-order valence-electron chi connectivity index (χ3n) is 7.74. The van der Waals surface area contributed by atoms with Crippen LogP contribution in [0.3, 0.4) is 0 Å². The number of fused-ring (bicyclic) bond motifs is 2. The van der Waals surface area contributed by atoms with E-state index in [1.807, 2.05) is 16.7 Å². The summed E-state index contributed by atoms with van der Waals surface area (Å²) in [6.45, 7) is 8.33. The molecule has 2 aromatic heterocycles. The van der Waals surface area contributed by atoms with Crippen LogP contribution in [0.1, 0.15) is 12.0 Å². The summed E-state index contributed by atoms with van der Waals surface area (Å²) in [4.78, 5) is 9.69. The third kappa shape index (κ3) is 6.31. The Bertz CT molecular complexity index is 1470. The van der Waals surface area contributed by atoms with Crippen LogP contribution >= 0.6 is 11.6 Å². The van der Waals surface area contributed by atoms with Gasteiger partial charge in [-0.05, 0) is 29.7 Å². The first kappa shape index (κ1) is 29.0. The van der Waals surface area contributed by atoms with E-state index in [-0.39, 0.29) is 19.4 Å². The number of aliphatic hydroxyl groups is 1. The van der Waals surface area contributed by atoms with Crippen molar-refractivity contribution in [1.82, 2.24) is 14.5 Å². The van der Waals surface area contributed by atoms with Crippen molar-refractivity contribution in [2.45, 2.75) is 63.3 Å². The number of aromatic nitrogens is 3. The van der Waals surface area contributed by atoms with Crippen molar-refractivity contribution in [3.8, 4) is 17.3 Å². The monoisotopic (exact) mass is 617 g/mol. The minimum absolute atomic E-state index is 0.224. The number of allylic oxidation sites excluding steroid dienone is 1. The highest BCUT2D eigenvalue weighted by atomic mass is 35.5. The maximum absolute atomic E-state index is 11.7. The van der Waals surface area contributed by atoms with Gasteiger partial charge in [-0.1, -0.05) is 61.6 Å². The number of rotatable bonds is 9. The number of ether oxygens (including phenoxy) is 4. The van der Waals surface area contributed by atoms with Crippen molar-refractivity contribution in [2.24, 2.45) is 0 Å². The first-order valence-corrected chi connectivity index (χ1v) is 19.6. The number of hydrogen-bond donors (Lipinski definition) is 1. The smallest absolute Gasteiger partial charge is 0.301 e. The van der Waals surface area contributed by atoms with Crippen LogP contribution in [-0.2, 0) is 31.7 Å². The quantitative estimate of drug-likeness (QED) is 0.276. The van der Waals surface area contributed by atoms with Crippen LogP contribution in [0.15, 0.2) is 36.4 Å². The number of benzene rings is 1. The molecule has 1 N–H and O–H groups in total. The molecule has 6 rings (SSSR count). The lowest BCUT2D eigenvalue weighted by atomic mass is 10.0. The van der Waals surface area contributed by atoms with Gasteiger partial charge in [0.2, 0.25) is 0 Å². The van der Waals surface area contributed by atoms with E-state index in [1.54, 1.807) is 6.07 Å². The summed E-state index contributed by atoms with van der Waals surface area (Å²) in [6.07, 6.45) is 1.04. The minimum Gasteiger partial charge on any atom is -0.456 e. The van der Waals surface area contributed by atoms with Gasteiger partial charge in [0.05, 0.1) is 23.9 Å². The fourth-order valence-electron chi connectivity index (χ4n) is 5.33. The lowest BCUT2D eigenvalue weighted by molar-refractivity contribution is 0.00336. The van der Waals surface area contributed by atoms with Crippen LogP contribution in [0.25, 0.3) is 28.0 Å². The van der Waals surface area contributed by atoms with Gasteiger partial charge in [0.25, 0.3) is 0 Å². The number of aliphatic hydroxyl groups excluding tert-OH is 1. The predicted octanol–water partition coefficient (Wildman–Crippen LogP) is 4.51. The van der Waals surface area contributed by atoms with Gasteiger partial charge in [-0.15, -0.1) is 0 Å². The predicted molar refractivity (Wildman–Crippen MR) is 162 cm³/mol. The Hall–Kier alpha value is -2.12. The van der Waals surface area contributed by atoms with E-state index in [2.05, 4.69) is 37.8 Å². The molecular weight excluding hydrogens is 582 g/mol. The van der Waals surface area contributed by atoms with Crippen LogP contribution in [0.5, 0.6) is 6.01 Å². The average Bonchev–Trinajstić information content (AvgIpc) is 3.61. The first-order chi connectivity index (χ1) is 19.7. The molecular formula is C29H36ClN3O6SSi. The fraction of sp³-hybridized carbons (Fsp3) is 0.517. The molecule has 5 heterocycles. The lowest BCUT2D eigenvalue weighted by Crippen LogP contribution is -2.35. The molecule has 3 aliphatic heterocycles. The number of hydrogen-bond acceptors (Lipinski definition) is 8. The molecule has 0 saturated carbocycles. The molecule has 5 unspecified atom stereocenters.